The smallest absolute Gasteiger partial charge is 0.142 e. The molecule has 1 aliphatic heterocycles. The molecule has 5 nitrogen and oxygen atoms in total. The van der Waals surface area contributed by atoms with E-state index in [0.29, 0.717) is 6.04 Å². The van der Waals surface area contributed by atoms with Gasteiger partial charge in [0.2, 0.25) is 0 Å². The molecule has 1 aromatic rings. The zero-order valence-electron chi connectivity index (χ0n) is 11.4. The van der Waals surface area contributed by atoms with E-state index in [1.54, 1.807) is 6.33 Å². The number of nitriles is 1. The van der Waals surface area contributed by atoms with E-state index in [1.165, 1.54) is 0 Å². The van der Waals surface area contributed by atoms with Gasteiger partial charge in [-0.25, -0.2) is 4.98 Å². The molecule has 0 aromatic carbocycles. The summed E-state index contributed by atoms with van der Waals surface area (Å²) in [5.41, 5.74) is 0.859. The first-order valence-corrected chi connectivity index (χ1v) is 6.47. The fourth-order valence-electron chi connectivity index (χ4n) is 2.42. The molecule has 1 aliphatic rings. The Morgan fingerprint density at radius 1 is 1.22 bits per heavy atom. The topological polar surface area (TPSA) is 48.1 Å². The Hall–Kier alpha value is -1.38. The van der Waals surface area contributed by atoms with Crippen molar-refractivity contribution in [1.82, 2.24) is 19.4 Å². The first kappa shape index (κ1) is 13.1. The predicted octanol–water partition coefficient (Wildman–Crippen LogP) is 1.01. The standard InChI is InChI=1S/C13H21N5/c1-11(2)17-4-6-18(7-5-17)13(8-14)12-9-16(3)10-15-12/h9-11,13H,4-7H2,1-3H3. The minimum atomic E-state index is -0.208. The Morgan fingerprint density at radius 2 is 1.83 bits per heavy atom. The quantitative estimate of drug-likeness (QED) is 0.800. The number of hydrogen-bond acceptors (Lipinski definition) is 4. The number of rotatable bonds is 3. The summed E-state index contributed by atoms with van der Waals surface area (Å²) < 4.78 is 1.89. The lowest BCUT2D eigenvalue weighted by Crippen LogP contribution is -2.49. The van der Waals surface area contributed by atoms with Crippen LogP contribution in [0.3, 0.4) is 0 Å². The van der Waals surface area contributed by atoms with E-state index in [-0.39, 0.29) is 6.04 Å². The van der Waals surface area contributed by atoms with Crippen molar-refractivity contribution in [3.8, 4) is 6.07 Å². The monoisotopic (exact) mass is 247 g/mol. The molecule has 0 bridgehead atoms. The molecule has 0 radical (unpaired) electrons. The van der Waals surface area contributed by atoms with E-state index in [2.05, 4.69) is 34.7 Å². The van der Waals surface area contributed by atoms with Gasteiger partial charge in [0.25, 0.3) is 0 Å². The summed E-state index contributed by atoms with van der Waals surface area (Å²) in [7, 11) is 1.93. The van der Waals surface area contributed by atoms with Crippen molar-refractivity contribution in [2.75, 3.05) is 26.2 Å². The van der Waals surface area contributed by atoms with Crippen LogP contribution in [0.5, 0.6) is 0 Å². The van der Waals surface area contributed by atoms with Gasteiger partial charge in [-0.1, -0.05) is 0 Å². The van der Waals surface area contributed by atoms with Crippen molar-refractivity contribution in [2.45, 2.75) is 25.9 Å². The van der Waals surface area contributed by atoms with Crippen LogP contribution in [0.2, 0.25) is 0 Å². The van der Waals surface area contributed by atoms with Crippen molar-refractivity contribution in [3.63, 3.8) is 0 Å². The first-order chi connectivity index (χ1) is 8.61. The number of imidazole rings is 1. The molecule has 0 aliphatic carbocycles. The molecule has 0 N–H and O–H groups in total. The summed E-state index contributed by atoms with van der Waals surface area (Å²) in [5.74, 6) is 0. The van der Waals surface area contributed by atoms with Gasteiger partial charge in [-0.05, 0) is 13.8 Å². The predicted molar refractivity (Wildman–Crippen MR) is 69.8 cm³/mol. The van der Waals surface area contributed by atoms with E-state index in [1.807, 2.05) is 17.8 Å². The molecule has 0 spiro atoms. The minimum Gasteiger partial charge on any atom is -0.340 e. The molecule has 5 heteroatoms. The minimum absolute atomic E-state index is 0.208. The highest BCUT2D eigenvalue weighted by molar-refractivity contribution is 5.13. The third-order valence-corrected chi connectivity index (χ3v) is 3.57. The largest absolute Gasteiger partial charge is 0.340 e. The molecular formula is C13H21N5. The highest BCUT2D eigenvalue weighted by Crippen LogP contribution is 2.20. The lowest BCUT2D eigenvalue weighted by Gasteiger charge is -2.38. The third kappa shape index (κ3) is 2.71. The molecule has 2 rings (SSSR count). The summed E-state index contributed by atoms with van der Waals surface area (Å²) in [6, 6.07) is 2.75. The second-order valence-corrected chi connectivity index (χ2v) is 5.16. The van der Waals surface area contributed by atoms with Crippen LogP contribution in [0.25, 0.3) is 0 Å². The van der Waals surface area contributed by atoms with Crippen molar-refractivity contribution in [2.24, 2.45) is 7.05 Å². The fourth-order valence-corrected chi connectivity index (χ4v) is 2.42. The maximum absolute atomic E-state index is 9.36. The van der Waals surface area contributed by atoms with Crippen LogP contribution in [0.15, 0.2) is 12.5 Å². The average Bonchev–Trinajstić information content (AvgIpc) is 2.77. The van der Waals surface area contributed by atoms with Gasteiger partial charge in [0, 0.05) is 45.5 Å². The molecule has 18 heavy (non-hydrogen) atoms. The fraction of sp³-hybridized carbons (Fsp3) is 0.692. The number of nitrogens with zero attached hydrogens (tertiary/aromatic N) is 5. The Bertz CT molecular complexity index is 423. The summed E-state index contributed by atoms with van der Waals surface area (Å²) in [4.78, 5) is 8.97. The van der Waals surface area contributed by atoms with Gasteiger partial charge in [0.15, 0.2) is 0 Å². The Labute approximate surface area is 109 Å². The molecule has 2 heterocycles. The Morgan fingerprint density at radius 3 is 2.28 bits per heavy atom. The lowest BCUT2D eigenvalue weighted by molar-refractivity contribution is 0.0922. The summed E-state index contributed by atoms with van der Waals surface area (Å²) >= 11 is 0. The van der Waals surface area contributed by atoms with Crippen molar-refractivity contribution < 1.29 is 0 Å². The van der Waals surface area contributed by atoms with Crippen molar-refractivity contribution >= 4 is 0 Å². The van der Waals surface area contributed by atoms with E-state index in [9.17, 15) is 5.26 Å². The molecule has 98 valence electrons. The summed E-state index contributed by atoms with van der Waals surface area (Å²) in [6.07, 6.45) is 3.69. The van der Waals surface area contributed by atoms with Crippen LogP contribution in [-0.2, 0) is 7.05 Å². The zero-order chi connectivity index (χ0) is 13.1. The highest BCUT2D eigenvalue weighted by Gasteiger charge is 2.26. The molecule has 1 aromatic heterocycles. The second-order valence-electron chi connectivity index (χ2n) is 5.16. The van der Waals surface area contributed by atoms with E-state index >= 15 is 0 Å². The zero-order valence-corrected chi connectivity index (χ0v) is 11.4. The molecule has 0 saturated carbocycles. The van der Waals surface area contributed by atoms with E-state index in [4.69, 9.17) is 0 Å². The lowest BCUT2D eigenvalue weighted by atomic mass is 10.1. The first-order valence-electron chi connectivity index (χ1n) is 6.47. The molecule has 1 atom stereocenters. The maximum Gasteiger partial charge on any atom is 0.142 e. The highest BCUT2D eigenvalue weighted by atomic mass is 15.3. The number of hydrogen-bond donors (Lipinski definition) is 0. The molecular weight excluding hydrogens is 226 g/mol. The van der Waals surface area contributed by atoms with Crippen molar-refractivity contribution in [3.05, 3.63) is 18.2 Å². The van der Waals surface area contributed by atoms with Crippen LogP contribution in [0, 0.1) is 11.3 Å². The second kappa shape index (κ2) is 5.51. The van der Waals surface area contributed by atoms with Gasteiger partial charge in [0.1, 0.15) is 6.04 Å². The van der Waals surface area contributed by atoms with Crippen molar-refractivity contribution in [1.29, 1.82) is 5.26 Å². The summed E-state index contributed by atoms with van der Waals surface area (Å²) in [5, 5.41) is 9.36. The summed E-state index contributed by atoms with van der Waals surface area (Å²) in [6.45, 7) is 8.37. The molecule has 1 saturated heterocycles. The van der Waals surface area contributed by atoms with Crippen LogP contribution >= 0.6 is 0 Å². The number of aryl methyl sites for hydroxylation is 1. The van der Waals surface area contributed by atoms with Crippen LogP contribution in [0.4, 0.5) is 0 Å². The van der Waals surface area contributed by atoms with Crippen LogP contribution < -0.4 is 0 Å². The van der Waals surface area contributed by atoms with Crippen LogP contribution in [-0.4, -0.2) is 51.6 Å². The Balaban J connectivity index is 2.01. The maximum atomic E-state index is 9.36. The number of piperazine rings is 1. The van der Waals surface area contributed by atoms with Gasteiger partial charge < -0.3 is 4.57 Å². The van der Waals surface area contributed by atoms with Gasteiger partial charge in [-0.2, -0.15) is 5.26 Å². The van der Waals surface area contributed by atoms with E-state index in [0.717, 1.165) is 31.9 Å². The average molecular weight is 247 g/mol. The van der Waals surface area contributed by atoms with Gasteiger partial charge in [-0.15, -0.1) is 0 Å². The Kier molecular flexibility index (Phi) is 4.00. The molecule has 0 amide bonds. The third-order valence-electron chi connectivity index (χ3n) is 3.57. The normalized spacial score (nSPS) is 19.9. The van der Waals surface area contributed by atoms with Gasteiger partial charge in [-0.3, -0.25) is 9.80 Å². The van der Waals surface area contributed by atoms with Gasteiger partial charge in [0.05, 0.1) is 18.1 Å². The SMILES string of the molecule is CC(C)N1CCN(C(C#N)c2cn(C)cn2)CC1. The number of aromatic nitrogens is 2. The van der Waals surface area contributed by atoms with E-state index < -0.39 is 0 Å². The van der Waals surface area contributed by atoms with Crippen LogP contribution in [0.1, 0.15) is 25.6 Å². The van der Waals surface area contributed by atoms with Gasteiger partial charge >= 0.3 is 0 Å². The molecule has 1 unspecified atom stereocenters. The molecule has 1 fully saturated rings.